The summed E-state index contributed by atoms with van der Waals surface area (Å²) in [6.45, 7) is 1.90. The number of nitrogens with one attached hydrogen (secondary N) is 3. The van der Waals surface area contributed by atoms with E-state index in [4.69, 9.17) is 5.73 Å². The zero-order valence-electron chi connectivity index (χ0n) is 14.1. The smallest absolute Gasteiger partial charge is 0.319 e. The zero-order chi connectivity index (χ0) is 17.8. The first-order chi connectivity index (χ1) is 12.0. The van der Waals surface area contributed by atoms with E-state index in [1.54, 1.807) is 24.3 Å². The summed E-state index contributed by atoms with van der Waals surface area (Å²) < 4.78 is 0. The first-order valence-electron chi connectivity index (χ1n) is 8.36. The molecule has 130 valence electrons. The molecular formula is C19H22N4O2. The summed E-state index contributed by atoms with van der Waals surface area (Å²) >= 11 is 0. The average molecular weight is 338 g/mol. The van der Waals surface area contributed by atoms with Gasteiger partial charge >= 0.3 is 6.03 Å². The van der Waals surface area contributed by atoms with Crippen molar-refractivity contribution in [2.75, 3.05) is 11.1 Å². The molecule has 1 saturated carbocycles. The fourth-order valence-electron chi connectivity index (χ4n) is 2.50. The van der Waals surface area contributed by atoms with E-state index in [1.165, 1.54) is 0 Å². The maximum Gasteiger partial charge on any atom is 0.319 e. The molecule has 0 radical (unpaired) electrons. The Balaban J connectivity index is 1.58. The minimum absolute atomic E-state index is 0.179. The predicted octanol–water partition coefficient (Wildman–Crippen LogP) is 3.04. The van der Waals surface area contributed by atoms with Crippen LogP contribution in [0.4, 0.5) is 16.2 Å². The van der Waals surface area contributed by atoms with Crippen molar-refractivity contribution in [3.8, 4) is 0 Å². The van der Waals surface area contributed by atoms with E-state index in [0.717, 1.165) is 18.4 Å². The molecule has 2 aromatic rings. The number of amides is 3. The topological polar surface area (TPSA) is 96.2 Å². The Morgan fingerprint density at radius 2 is 1.76 bits per heavy atom. The second-order valence-corrected chi connectivity index (χ2v) is 6.28. The summed E-state index contributed by atoms with van der Waals surface area (Å²) in [4.78, 5) is 24.0. The number of anilines is 2. The number of rotatable bonds is 5. The lowest BCUT2D eigenvalue weighted by molar-refractivity contribution is 0.0941. The van der Waals surface area contributed by atoms with Gasteiger partial charge in [0.15, 0.2) is 0 Å². The number of para-hydroxylation sites is 1. The number of hydrogen-bond donors (Lipinski definition) is 4. The van der Waals surface area contributed by atoms with Crippen LogP contribution in [0.3, 0.4) is 0 Å². The van der Waals surface area contributed by atoms with Gasteiger partial charge < -0.3 is 21.7 Å². The Morgan fingerprint density at radius 1 is 1.08 bits per heavy atom. The van der Waals surface area contributed by atoms with Crippen molar-refractivity contribution in [1.29, 1.82) is 0 Å². The highest BCUT2D eigenvalue weighted by atomic mass is 16.2. The van der Waals surface area contributed by atoms with Gasteiger partial charge in [-0.25, -0.2) is 4.79 Å². The van der Waals surface area contributed by atoms with Crippen LogP contribution in [-0.2, 0) is 0 Å². The van der Waals surface area contributed by atoms with Gasteiger partial charge in [-0.05, 0) is 49.6 Å². The predicted molar refractivity (Wildman–Crippen MR) is 98.4 cm³/mol. The summed E-state index contributed by atoms with van der Waals surface area (Å²) in [6, 6.07) is 14.3. The SMILES string of the molecule is CC(NC(=O)c1ccccc1N)c1ccc(NC(=O)NC2CC2)cc1. The Bertz CT molecular complexity index is 769. The van der Waals surface area contributed by atoms with Gasteiger partial charge in [-0.1, -0.05) is 24.3 Å². The van der Waals surface area contributed by atoms with Crippen molar-refractivity contribution < 1.29 is 9.59 Å². The van der Waals surface area contributed by atoms with Gasteiger partial charge in [-0.2, -0.15) is 0 Å². The largest absolute Gasteiger partial charge is 0.398 e. The van der Waals surface area contributed by atoms with Gasteiger partial charge in [0.25, 0.3) is 5.91 Å². The first-order valence-corrected chi connectivity index (χ1v) is 8.36. The Kier molecular flexibility index (Phi) is 4.88. The molecule has 3 amide bonds. The van der Waals surface area contributed by atoms with E-state index in [-0.39, 0.29) is 18.0 Å². The van der Waals surface area contributed by atoms with E-state index < -0.39 is 0 Å². The average Bonchev–Trinajstić information content (AvgIpc) is 3.39. The van der Waals surface area contributed by atoms with Crippen molar-refractivity contribution in [2.24, 2.45) is 0 Å². The number of nitrogen functional groups attached to an aromatic ring is 1. The third-order valence-electron chi connectivity index (χ3n) is 4.13. The molecule has 5 N–H and O–H groups in total. The van der Waals surface area contributed by atoms with Crippen molar-refractivity contribution in [3.63, 3.8) is 0 Å². The van der Waals surface area contributed by atoms with E-state index in [1.807, 2.05) is 31.2 Å². The number of nitrogens with two attached hydrogens (primary N) is 1. The Hall–Kier alpha value is -3.02. The highest BCUT2D eigenvalue weighted by molar-refractivity contribution is 5.99. The van der Waals surface area contributed by atoms with Crippen LogP contribution >= 0.6 is 0 Å². The summed E-state index contributed by atoms with van der Waals surface area (Å²) in [5.74, 6) is -0.211. The van der Waals surface area contributed by atoms with Crippen molar-refractivity contribution in [1.82, 2.24) is 10.6 Å². The number of benzene rings is 2. The molecular weight excluding hydrogens is 316 g/mol. The third kappa shape index (κ3) is 4.50. The summed E-state index contributed by atoms with van der Waals surface area (Å²) in [5.41, 5.74) is 8.40. The van der Waals surface area contributed by atoms with Gasteiger partial charge in [-0.15, -0.1) is 0 Å². The lowest BCUT2D eigenvalue weighted by atomic mass is 10.1. The standard InChI is InChI=1S/C19H22N4O2/c1-12(21-18(24)16-4-2-3-5-17(16)20)13-6-8-14(9-7-13)22-19(25)23-15-10-11-15/h2-9,12,15H,10-11,20H2,1H3,(H,21,24)(H2,22,23,25). The molecule has 1 atom stereocenters. The van der Waals surface area contributed by atoms with Gasteiger partial charge in [0.05, 0.1) is 11.6 Å². The molecule has 3 rings (SSSR count). The number of hydrogen-bond acceptors (Lipinski definition) is 3. The molecule has 1 fully saturated rings. The maximum absolute atomic E-state index is 12.3. The van der Waals surface area contributed by atoms with Crippen molar-refractivity contribution in [3.05, 3.63) is 59.7 Å². The molecule has 1 unspecified atom stereocenters. The summed E-state index contributed by atoms with van der Waals surface area (Å²) in [7, 11) is 0. The second-order valence-electron chi connectivity index (χ2n) is 6.28. The molecule has 2 aromatic carbocycles. The van der Waals surface area contributed by atoms with Gasteiger partial charge in [0, 0.05) is 17.4 Å². The quantitative estimate of drug-likeness (QED) is 0.631. The van der Waals surface area contributed by atoms with Crippen LogP contribution in [-0.4, -0.2) is 18.0 Å². The molecule has 0 aliphatic heterocycles. The molecule has 0 aromatic heterocycles. The zero-order valence-corrected chi connectivity index (χ0v) is 14.1. The van der Waals surface area contributed by atoms with Crippen LogP contribution in [0.25, 0.3) is 0 Å². The lowest BCUT2D eigenvalue weighted by Gasteiger charge is -2.16. The Morgan fingerprint density at radius 3 is 2.40 bits per heavy atom. The minimum Gasteiger partial charge on any atom is -0.398 e. The fraction of sp³-hybridized carbons (Fsp3) is 0.263. The third-order valence-corrected chi connectivity index (χ3v) is 4.13. The maximum atomic E-state index is 12.3. The summed E-state index contributed by atoms with van der Waals surface area (Å²) in [5, 5.41) is 8.60. The molecule has 0 saturated heterocycles. The second kappa shape index (κ2) is 7.25. The highest BCUT2D eigenvalue weighted by Gasteiger charge is 2.23. The van der Waals surface area contributed by atoms with Crippen LogP contribution in [0.2, 0.25) is 0 Å². The van der Waals surface area contributed by atoms with E-state index in [9.17, 15) is 9.59 Å². The molecule has 25 heavy (non-hydrogen) atoms. The molecule has 1 aliphatic carbocycles. The number of carbonyl (C=O) groups is 2. The summed E-state index contributed by atoms with van der Waals surface area (Å²) in [6.07, 6.45) is 2.10. The normalized spacial score (nSPS) is 14.4. The number of carbonyl (C=O) groups excluding carboxylic acids is 2. The monoisotopic (exact) mass is 338 g/mol. The molecule has 6 nitrogen and oxygen atoms in total. The number of urea groups is 1. The van der Waals surface area contributed by atoms with E-state index in [2.05, 4.69) is 16.0 Å². The van der Waals surface area contributed by atoms with Crippen molar-refractivity contribution >= 4 is 23.3 Å². The van der Waals surface area contributed by atoms with Crippen LogP contribution in [0.15, 0.2) is 48.5 Å². The molecule has 0 bridgehead atoms. The van der Waals surface area contributed by atoms with E-state index in [0.29, 0.717) is 23.0 Å². The minimum atomic E-state index is -0.211. The van der Waals surface area contributed by atoms with Crippen LogP contribution < -0.4 is 21.7 Å². The van der Waals surface area contributed by atoms with Crippen LogP contribution in [0.1, 0.15) is 41.7 Å². The molecule has 0 spiro atoms. The Labute approximate surface area is 146 Å². The van der Waals surface area contributed by atoms with E-state index >= 15 is 0 Å². The van der Waals surface area contributed by atoms with Gasteiger partial charge in [0.2, 0.25) is 0 Å². The van der Waals surface area contributed by atoms with Crippen LogP contribution in [0, 0.1) is 0 Å². The highest BCUT2D eigenvalue weighted by Crippen LogP contribution is 2.20. The van der Waals surface area contributed by atoms with Gasteiger partial charge in [0.1, 0.15) is 0 Å². The van der Waals surface area contributed by atoms with Crippen molar-refractivity contribution in [2.45, 2.75) is 31.8 Å². The van der Waals surface area contributed by atoms with Crippen LogP contribution in [0.5, 0.6) is 0 Å². The fourth-order valence-corrected chi connectivity index (χ4v) is 2.50. The first kappa shape index (κ1) is 16.8. The van der Waals surface area contributed by atoms with Gasteiger partial charge in [-0.3, -0.25) is 4.79 Å². The molecule has 1 aliphatic rings. The molecule has 0 heterocycles. The lowest BCUT2D eigenvalue weighted by Crippen LogP contribution is -2.30. The molecule has 6 heteroatoms.